The van der Waals surface area contributed by atoms with Gasteiger partial charge in [-0.2, -0.15) is 4.98 Å². The molecule has 122 valence electrons. The van der Waals surface area contributed by atoms with Gasteiger partial charge in [0.15, 0.2) is 5.82 Å². The quantitative estimate of drug-likeness (QED) is 0.849. The molecule has 2 heterocycles. The minimum absolute atomic E-state index is 0.641. The van der Waals surface area contributed by atoms with Crippen molar-refractivity contribution in [1.29, 1.82) is 0 Å². The molecule has 3 rings (SSSR count). The fourth-order valence-corrected chi connectivity index (χ4v) is 2.87. The van der Waals surface area contributed by atoms with Gasteiger partial charge in [-0.05, 0) is 25.1 Å². The van der Waals surface area contributed by atoms with Gasteiger partial charge in [0.25, 0.3) is 0 Å². The van der Waals surface area contributed by atoms with E-state index in [-0.39, 0.29) is 0 Å². The highest BCUT2D eigenvalue weighted by atomic mass is 16.5. The van der Waals surface area contributed by atoms with Crippen molar-refractivity contribution < 1.29 is 4.52 Å². The molecule has 0 bridgehead atoms. The molecule has 0 radical (unpaired) electrons. The lowest BCUT2D eigenvalue weighted by atomic mass is 10.2. The Hall–Kier alpha value is -1.98. The number of rotatable bonds is 5. The largest absolute Gasteiger partial charge is 0.340 e. The molecule has 0 aliphatic carbocycles. The third-order valence-electron chi connectivity index (χ3n) is 4.09. The molecular formula is C18H24N4O. The van der Waals surface area contributed by atoms with Gasteiger partial charge in [-0.15, -0.1) is 0 Å². The van der Waals surface area contributed by atoms with Crippen LogP contribution >= 0.6 is 0 Å². The zero-order valence-electron chi connectivity index (χ0n) is 13.7. The van der Waals surface area contributed by atoms with Gasteiger partial charge < -0.3 is 4.52 Å². The lowest BCUT2D eigenvalue weighted by molar-refractivity contribution is 0.253. The van der Waals surface area contributed by atoms with Crippen molar-refractivity contribution in [2.45, 2.75) is 19.9 Å². The Balaban J connectivity index is 1.45. The van der Waals surface area contributed by atoms with Crippen molar-refractivity contribution in [1.82, 2.24) is 19.9 Å². The topological polar surface area (TPSA) is 45.4 Å². The summed E-state index contributed by atoms with van der Waals surface area (Å²) in [4.78, 5) is 9.20. The van der Waals surface area contributed by atoms with Crippen molar-refractivity contribution in [3.63, 3.8) is 0 Å². The standard InChI is InChI=1S/C18H24N4O/c1-16-19-18(20-23-16)15-22-12-6-11-21(13-14-22)10-5-9-17-7-3-2-4-8-17/h2-5,7-9H,6,10-15H2,1H3/b9-5-. The van der Waals surface area contributed by atoms with E-state index in [0.29, 0.717) is 5.89 Å². The molecule has 5 heteroatoms. The van der Waals surface area contributed by atoms with Gasteiger partial charge in [0.1, 0.15) is 0 Å². The zero-order chi connectivity index (χ0) is 15.9. The molecule has 23 heavy (non-hydrogen) atoms. The van der Waals surface area contributed by atoms with Crippen LogP contribution in [0.5, 0.6) is 0 Å². The lowest BCUT2D eigenvalue weighted by Gasteiger charge is -2.19. The molecule has 1 aromatic heterocycles. The number of hydrogen-bond donors (Lipinski definition) is 0. The van der Waals surface area contributed by atoms with Gasteiger partial charge in [0, 0.05) is 26.6 Å². The van der Waals surface area contributed by atoms with Crippen LogP contribution in [-0.4, -0.2) is 52.7 Å². The second kappa shape index (κ2) is 8.04. The number of hydrogen-bond acceptors (Lipinski definition) is 5. The van der Waals surface area contributed by atoms with E-state index in [4.69, 9.17) is 4.52 Å². The summed E-state index contributed by atoms with van der Waals surface area (Å²) in [7, 11) is 0. The summed E-state index contributed by atoms with van der Waals surface area (Å²) >= 11 is 0. The molecule has 0 saturated carbocycles. The van der Waals surface area contributed by atoms with E-state index in [1.807, 2.05) is 13.0 Å². The van der Waals surface area contributed by atoms with Crippen molar-refractivity contribution in [3.8, 4) is 0 Å². The van der Waals surface area contributed by atoms with Crippen LogP contribution in [-0.2, 0) is 6.54 Å². The summed E-state index contributed by atoms with van der Waals surface area (Å²) in [5, 5.41) is 3.99. The van der Waals surface area contributed by atoms with E-state index in [2.05, 4.69) is 56.4 Å². The van der Waals surface area contributed by atoms with E-state index in [1.165, 1.54) is 12.0 Å². The first-order chi connectivity index (χ1) is 11.3. The average molecular weight is 312 g/mol. The van der Waals surface area contributed by atoms with Crippen LogP contribution in [0.2, 0.25) is 0 Å². The third kappa shape index (κ3) is 5.01. The van der Waals surface area contributed by atoms with Crippen LogP contribution in [0.25, 0.3) is 6.08 Å². The summed E-state index contributed by atoms with van der Waals surface area (Å²) in [6.45, 7) is 7.98. The summed E-state index contributed by atoms with van der Waals surface area (Å²) in [6, 6.07) is 10.5. The molecule has 1 aliphatic rings. The van der Waals surface area contributed by atoms with Crippen molar-refractivity contribution in [2.75, 3.05) is 32.7 Å². The molecule has 1 saturated heterocycles. The summed E-state index contributed by atoms with van der Waals surface area (Å²) in [5.74, 6) is 1.43. The molecule has 0 N–H and O–H groups in total. The molecule has 0 amide bonds. The highest BCUT2D eigenvalue weighted by Gasteiger charge is 2.16. The molecule has 0 atom stereocenters. The van der Waals surface area contributed by atoms with Crippen LogP contribution in [0.15, 0.2) is 40.9 Å². The molecule has 0 unspecified atom stereocenters. The van der Waals surface area contributed by atoms with E-state index in [9.17, 15) is 0 Å². The van der Waals surface area contributed by atoms with Gasteiger partial charge in [0.2, 0.25) is 5.89 Å². The van der Waals surface area contributed by atoms with E-state index in [0.717, 1.165) is 45.1 Å². The Morgan fingerprint density at radius 2 is 1.87 bits per heavy atom. The fourth-order valence-electron chi connectivity index (χ4n) is 2.87. The van der Waals surface area contributed by atoms with Crippen molar-refractivity contribution in [3.05, 3.63) is 53.7 Å². The van der Waals surface area contributed by atoms with E-state index in [1.54, 1.807) is 0 Å². The molecule has 1 aromatic carbocycles. The lowest BCUT2D eigenvalue weighted by Crippen LogP contribution is -2.30. The smallest absolute Gasteiger partial charge is 0.223 e. The van der Waals surface area contributed by atoms with Gasteiger partial charge in [-0.3, -0.25) is 9.80 Å². The van der Waals surface area contributed by atoms with Gasteiger partial charge >= 0.3 is 0 Å². The van der Waals surface area contributed by atoms with Crippen LogP contribution in [0.3, 0.4) is 0 Å². The van der Waals surface area contributed by atoms with E-state index < -0.39 is 0 Å². The highest BCUT2D eigenvalue weighted by molar-refractivity contribution is 5.48. The molecule has 5 nitrogen and oxygen atoms in total. The van der Waals surface area contributed by atoms with Crippen LogP contribution in [0, 0.1) is 6.92 Å². The van der Waals surface area contributed by atoms with Crippen LogP contribution in [0.1, 0.15) is 23.7 Å². The third-order valence-corrected chi connectivity index (χ3v) is 4.09. The summed E-state index contributed by atoms with van der Waals surface area (Å²) < 4.78 is 5.05. The minimum Gasteiger partial charge on any atom is -0.340 e. The van der Waals surface area contributed by atoms with Gasteiger partial charge in [-0.1, -0.05) is 47.6 Å². The number of benzene rings is 1. The molecule has 1 fully saturated rings. The van der Waals surface area contributed by atoms with Crippen LogP contribution < -0.4 is 0 Å². The molecule has 2 aromatic rings. The Bertz CT molecular complexity index is 623. The normalized spacial score (nSPS) is 17.6. The Labute approximate surface area is 137 Å². The van der Waals surface area contributed by atoms with Gasteiger partial charge in [-0.25, -0.2) is 0 Å². The maximum atomic E-state index is 5.05. The predicted octanol–water partition coefficient (Wildman–Crippen LogP) is 2.60. The van der Waals surface area contributed by atoms with Crippen molar-refractivity contribution >= 4 is 6.08 Å². The number of aryl methyl sites for hydroxylation is 1. The maximum absolute atomic E-state index is 5.05. The highest BCUT2D eigenvalue weighted by Crippen LogP contribution is 2.08. The molecule has 0 spiro atoms. The second-order valence-corrected chi connectivity index (χ2v) is 5.97. The average Bonchev–Trinajstić information content (AvgIpc) is 2.84. The summed E-state index contributed by atoms with van der Waals surface area (Å²) in [6.07, 6.45) is 5.63. The van der Waals surface area contributed by atoms with E-state index >= 15 is 0 Å². The first-order valence-corrected chi connectivity index (χ1v) is 8.25. The SMILES string of the molecule is Cc1nc(CN2CCCN(C/C=C\c3ccccc3)CC2)no1. The number of aromatic nitrogens is 2. The Morgan fingerprint density at radius 1 is 1.09 bits per heavy atom. The van der Waals surface area contributed by atoms with Gasteiger partial charge in [0.05, 0.1) is 6.54 Å². The minimum atomic E-state index is 0.641. The fraction of sp³-hybridized carbons (Fsp3) is 0.444. The zero-order valence-corrected chi connectivity index (χ0v) is 13.7. The Morgan fingerprint density at radius 3 is 2.65 bits per heavy atom. The second-order valence-electron chi connectivity index (χ2n) is 5.97. The maximum Gasteiger partial charge on any atom is 0.223 e. The monoisotopic (exact) mass is 312 g/mol. The van der Waals surface area contributed by atoms with Crippen molar-refractivity contribution in [2.24, 2.45) is 0 Å². The first kappa shape index (κ1) is 15.9. The molecular weight excluding hydrogens is 288 g/mol. The number of nitrogens with zero attached hydrogens (tertiary/aromatic N) is 4. The summed E-state index contributed by atoms with van der Waals surface area (Å²) in [5.41, 5.74) is 1.26. The first-order valence-electron chi connectivity index (χ1n) is 8.25. The predicted molar refractivity (Wildman–Crippen MR) is 90.8 cm³/mol. The van der Waals surface area contributed by atoms with Crippen LogP contribution in [0.4, 0.5) is 0 Å². The Kier molecular flexibility index (Phi) is 5.56. The molecule has 1 aliphatic heterocycles.